The zero-order valence-electron chi connectivity index (χ0n) is 13.6. The summed E-state index contributed by atoms with van der Waals surface area (Å²) in [5.74, 6) is -0.622. The maximum Gasteiger partial charge on any atom is 0.315 e. The summed E-state index contributed by atoms with van der Waals surface area (Å²) < 4.78 is 13.4. The molecule has 2 aromatic rings. The summed E-state index contributed by atoms with van der Waals surface area (Å²) in [6, 6.07) is 8.51. The van der Waals surface area contributed by atoms with Gasteiger partial charge in [-0.2, -0.15) is 0 Å². The molecule has 1 aromatic carbocycles. The second-order valence-corrected chi connectivity index (χ2v) is 5.85. The van der Waals surface area contributed by atoms with E-state index < -0.39 is 17.9 Å². The van der Waals surface area contributed by atoms with Gasteiger partial charge in [-0.1, -0.05) is 12.1 Å². The Labute approximate surface area is 145 Å². The van der Waals surface area contributed by atoms with Gasteiger partial charge in [0.2, 0.25) is 5.91 Å². The Morgan fingerprint density at radius 2 is 2.20 bits per heavy atom. The Morgan fingerprint density at radius 3 is 2.96 bits per heavy atom. The van der Waals surface area contributed by atoms with Crippen LogP contribution in [0.25, 0.3) is 0 Å². The van der Waals surface area contributed by atoms with E-state index in [0.29, 0.717) is 25.2 Å². The van der Waals surface area contributed by atoms with Crippen LogP contribution in [0, 0.1) is 5.82 Å². The number of anilines is 1. The number of pyridine rings is 1. The minimum Gasteiger partial charge on any atom is -0.334 e. The lowest BCUT2D eigenvalue weighted by molar-refractivity contribution is -0.121. The molecule has 1 atom stereocenters. The number of piperidine rings is 1. The van der Waals surface area contributed by atoms with Crippen molar-refractivity contribution >= 4 is 17.6 Å². The topological polar surface area (TPSA) is 74.3 Å². The number of hydrogen-bond acceptors (Lipinski definition) is 3. The molecule has 1 aliphatic rings. The molecule has 2 heterocycles. The number of aromatic nitrogens is 1. The molecule has 1 aromatic heterocycles. The van der Waals surface area contributed by atoms with Gasteiger partial charge in [0.1, 0.15) is 11.9 Å². The molecule has 130 valence electrons. The number of benzene rings is 1. The van der Waals surface area contributed by atoms with Crippen LogP contribution < -0.4 is 15.5 Å². The predicted molar refractivity (Wildman–Crippen MR) is 91.4 cm³/mol. The third-order valence-electron chi connectivity index (χ3n) is 4.04. The lowest BCUT2D eigenvalue weighted by Gasteiger charge is -2.32. The summed E-state index contributed by atoms with van der Waals surface area (Å²) in [5.41, 5.74) is 1.38. The molecule has 0 bridgehead atoms. The van der Waals surface area contributed by atoms with Crippen LogP contribution in [0.1, 0.15) is 18.4 Å². The van der Waals surface area contributed by atoms with E-state index in [9.17, 15) is 14.0 Å². The van der Waals surface area contributed by atoms with Crippen molar-refractivity contribution in [3.05, 3.63) is 60.2 Å². The number of carbonyl (C=O) groups excluding carboxylic acids is 2. The van der Waals surface area contributed by atoms with E-state index in [-0.39, 0.29) is 5.91 Å². The Hall–Kier alpha value is -2.96. The third kappa shape index (κ3) is 4.32. The van der Waals surface area contributed by atoms with E-state index in [1.165, 1.54) is 17.0 Å². The van der Waals surface area contributed by atoms with Gasteiger partial charge in [0.05, 0.1) is 0 Å². The Bertz CT molecular complexity index is 754. The van der Waals surface area contributed by atoms with Gasteiger partial charge in [0.25, 0.3) is 0 Å². The zero-order valence-corrected chi connectivity index (χ0v) is 13.6. The van der Waals surface area contributed by atoms with Crippen molar-refractivity contribution in [1.82, 2.24) is 15.6 Å². The summed E-state index contributed by atoms with van der Waals surface area (Å²) in [7, 11) is 0. The first kappa shape index (κ1) is 16.9. The minimum absolute atomic E-state index is 0.228. The van der Waals surface area contributed by atoms with Crippen molar-refractivity contribution in [2.45, 2.75) is 25.4 Å². The number of halogens is 1. The number of amides is 3. The SMILES string of the molecule is O=C(NCc1cccnc1)NC1CCCN(c2cccc(F)c2)C1=O. The van der Waals surface area contributed by atoms with Gasteiger partial charge in [-0.05, 0) is 42.7 Å². The molecule has 0 spiro atoms. The minimum atomic E-state index is -0.620. The van der Waals surface area contributed by atoms with Gasteiger partial charge in [-0.3, -0.25) is 9.78 Å². The molecule has 2 N–H and O–H groups in total. The van der Waals surface area contributed by atoms with Crippen molar-refractivity contribution in [2.24, 2.45) is 0 Å². The number of nitrogens with one attached hydrogen (secondary N) is 2. The van der Waals surface area contributed by atoms with E-state index >= 15 is 0 Å². The molecular weight excluding hydrogens is 323 g/mol. The van der Waals surface area contributed by atoms with Crippen LogP contribution in [0.5, 0.6) is 0 Å². The van der Waals surface area contributed by atoms with Crippen LogP contribution in [0.3, 0.4) is 0 Å². The maximum atomic E-state index is 13.4. The fourth-order valence-corrected chi connectivity index (χ4v) is 2.80. The van der Waals surface area contributed by atoms with Crippen molar-refractivity contribution < 1.29 is 14.0 Å². The van der Waals surface area contributed by atoms with Crippen molar-refractivity contribution in [2.75, 3.05) is 11.4 Å². The van der Waals surface area contributed by atoms with Gasteiger partial charge in [0, 0.05) is 31.2 Å². The quantitative estimate of drug-likeness (QED) is 0.895. The molecule has 3 rings (SSSR count). The smallest absolute Gasteiger partial charge is 0.315 e. The van der Waals surface area contributed by atoms with Gasteiger partial charge in [-0.25, -0.2) is 9.18 Å². The second-order valence-electron chi connectivity index (χ2n) is 5.85. The average molecular weight is 342 g/mol. The number of hydrogen-bond donors (Lipinski definition) is 2. The average Bonchev–Trinajstić information content (AvgIpc) is 2.63. The molecule has 0 aliphatic carbocycles. The van der Waals surface area contributed by atoms with Crippen LogP contribution in [-0.2, 0) is 11.3 Å². The molecule has 1 saturated heterocycles. The normalized spacial score (nSPS) is 17.2. The number of carbonyl (C=O) groups is 2. The van der Waals surface area contributed by atoms with Crippen LogP contribution in [0.4, 0.5) is 14.9 Å². The maximum absolute atomic E-state index is 13.4. The highest BCUT2D eigenvalue weighted by Crippen LogP contribution is 2.21. The molecule has 0 saturated carbocycles. The molecule has 3 amide bonds. The highest BCUT2D eigenvalue weighted by molar-refractivity contribution is 5.99. The molecular formula is C18H19FN4O2. The van der Waals surface area contributed by atoms with E-state index in [0.717, 1.165) is 12.0 Å². The van der Waals surface area contributed by atoms with Gasteiger partial charge in [0.15, 0.2) is 0 Å². The van der Waals surface area contributed by atoms with Crippen LogP contribution in [0.15, 0.2) is 48.8 Å². The fourth-order valence-electron chi connectivity index (χ4n) is 2.80. The molecule has 25 heavy (non-hydrogen) atoms. The fraction of sp³-hybridized carbons (Fsp3) is 0.278. The first-order valence-corrected chi connectivity index (χ1v) is 8.14. The first-order valence-electron chi connectivity index (χ1n) is 8.14. The number of nitrogens with zero attached hydrogens (tertiary/aromatic N) is 2. The second kappa shape index (κ2) is 7.74. The van der Waals surface area contributed by atoms with E-state index in [4.69, 9.17) is 0 Å². The van der Waals surface area contributed by atoms with E-state index in [1.54, 1.807) is 30.6 Å². The largest absolute Gasteiger partial charge is 0.334 e. The first-order chi connectivity index (χ1) is 12.1. The summed E-state index contributed by atoms with van der Waals surface area (Å²) >= 11 is 0. The van der Waals surface area contributed by atoms with Gasteiger partial charge in [-0.15, -0.1) is 0 Å². The zero-order chi connectivity index (χ0) is 17.6. The molecule has 1 unspecified atom stereocenters. The van der Waals surface area contributed by atoms with Crippen molar-refractivity contribution in [3.8, 4) is 0 Å². The highest BCUT2D eigenvalue weighted by atomic mass is 19.1. The Morgan fingerprint density at radius 1 is 1.32 bits per heavy atom. The van der Waals surface area contributed by atoms with Gasteiger partial charge < -0.3 is 15.5 Å². The molecule has 0 radical (unpaired) electrons. The van der Waals surface area contributed by atoms with E-state index in [2.05, 4.69) is 15.6 Å². The Kier molecular flexibility index (Phi) is 5.23. The summed E-state index contributed by atoms with van der Waals surface area (Å²) in [5, 5.41) is 5.41. The third-order valence-corrected chi connectivity index (χ3v) is 4.04. The molecule has 1 aliphatic heterocycles. The molecule has 6 nitrogen and oxygen atoms in total. The Balaban J connectivity index is 1.58. The van der Waals surface area contributed by atoms with Crippen LogP contribution in [-0.4, -0.2) is 29.5 Å². The number of urea groups is 1. The van der Waals surface area contributed by atoms with Gasteiger partial charge >= 0.3 is 6.03 Å². The van der Waals surface area contributed by atoms with Crippen LogP contribution >= 0.6 is 0 Å². The monoisotopic (exact) mass is 342 g/mol. The van der Waals surface area contributed by atoms with Crippen molar-refractivity contribution in [3.63, 3.8) is 0 Å². The highest BCUT2D eigenvalue weighted by Gasteiger charge is 2.30. The molecule has 1 fully saturated rings. The summed E-state index contributed by atoms with van der Waals surface area (Å²) in [4.78, 5) is 30.1. The standard InChI is InChI=1S/C18H19FN4O2/c19-14-5-1-6-15(10-14)23-9-3-7-16(17(23)24)22-18(25)21-12-13-4-2-8-20-11-13/h1-2,4-6,8,10-11,16H,3,7,9,12H2,(H2,21,22,25). The van der Waals surface area contributed by atoms with Crippen molar-refractivity contribution in [1.29, 1.82) is 0 Å². The number of rotatable bonds is 4. The van der Waals surface area contributed by atoms with Crippen LogP contribution in [0.2, 0.25) is 0 Å². The summed E-state index contributed by atoms with van der Waals surface area (Å²) in [6.45, 7) is 0.839. The predicted octanol–water partition coefficient (Wildman–Crippen LogP) is 2.22. The molecule has 7 heteroatoms. The summed E-state index contributed by atoms with van der Waals surface area (Å²) in [6.07, 6.45) is 4.61. The lowest BCUT2D eigenvalue weighted by Crippen LogP contribution is -2.54. The lowest BCUT2D eigenvalue weighted by atomic mass is 10.0. The van der Waals surface area contributed by atoms with E-state index in [1.807, 2.05) is 6.07 Å².